The number of rotatable bonds is 1. The van der Waals surface area contributed by atoms with Gasteiger partial charge in [-0.25, -0.2) is 0 Å². The number of hydrogen-bond acceptors (Lipinski definition) is 3. The monoisotopic (exact) mass is 234 g/mol. The molecular weight excluding hydrogens is 216 g/mol. The zero-order chi connectivity index (χ0) is 12.4. The van der Waals surface area contributed by atoms with Gasteiger partial charge in [-0.1, -0.05) is 0 Å². The number of benzene rings is 1. The summed E-state index contributed by atoms with van der Waals surface area (Å²) >= 11 is 0. The van der Waals surface area contributed by atoms with Gasteiger partial charge in [-0.3, -0.25) is 4.79 Å². The maximum atomic E-state index is 12.2. The quantitative estimate of drug-likeness (QED) is 0.717. The molecule has 1 amide bonds. The van der Waals surface area contributed by atoms with E-state index in [1.165, 1.54) is 0 Å². The lowest BCUT2D eigenvalue weighted by Crippen LogP contribution is -2.42. The number of aryl methyl sites for hydroxylation is 1. The number of nitrogens with two attached hydrogens (primary N) is 1. The number of hydrogen-bond donors (Lipinski definition) is 2. The number of amides is 1. The summed E-state index contributed by atoms with van der Waals surface area (Å²) in [5.74, 6) is -0.0214. The molecule has 0 aliphatic carbocycles. The van der Waals surface area contributed by atoms with E-state index in [1.807, 2.05) is 6.92 Å². The van der Waals surface area contributed by atoms with Crippen LogP contribution in [-0.4, -0.2) is 35.1 Å². The molecule has 17 heavy (non-hydrogen) atoms. The van der Waals surface area contributed by atoms with Gasteiger partial charge in [-0.15, -0.1) is 0 Å². The van der Waals surface area contributed by atoms with E-state index in [0.29, 0.717) is 17.8 Å². The van der Waals surface area contributed by atoms with Crippen molar-refractivity contribution in [2.24, 2.45) is 0 Å². The van der Waals surface area contributed by atoms with Crippen LogP contribution in [-0.2, 0) is 0 Å². The number of β-amino-alcohol motifs (C(OH)–C–C–N with tert-alkyl or cyclic N) is 1. The maximum absolute atomic E-state index is 12.2. The topological polar surface area (TPSA) is 66.6 Å². The summed E-state index contributed by atoms with van der Waals surface area (Å²) in [6.07, 6.45) is 1.26. The van der Waals surface area contributed by atoms with Gasteiger partial charge in [0, 0.05) is 24.3 Å². The number of carbonyl (C=O) groups is 1. The Morgan fingerprint density at radius 2 is 2.29 bits per heavy atom. The highest BCUT2D eigenvalue weighted by Gasteiger charge is 2.23. The Balaban J connectivity index is 2.15. The maximum Gasteiger partial charge on any atom is 0.253 e. The average molecular weight is 234 g/mol. The molecule has 4 heteroatoms. The largest absolute Gasteiger partial charge is 0.399 e. The second-order valence-corrected chi connectivity index (χ2v) is 4.62. The van der Waals surface area contributed by atoms with E-state index in [2.05, 4.69) is 0 Å². The highest BCUT2D eigenvalue weighted by Crippen LogP contribution is 2.17. The fourth-order valence-electron chi connectivity index (χ4n) is 2.13. The number of piperidine rings is 1. The highest BCUT2D eigenvalue weighted by atomic mass is 16.3. The van der Waals surface area contributed by atoms with E-state index < -0.39 is 0 Å². The Hall–Kier alpha value is -1.55. The Kier molecular flexibility index (Phi) is 3.33. The molecule has 0 aromatic heterocycles. The van der Waals surface area contributed by atoms with Crippen LogP contribution in [0.25, 0.3) is 0 Å². The van der Waals surface area contributed by atoms with Crippen molar-refractivity contribution in [1.29, 1.82) is 0 Å². The average Bonchev–Trinajstić information content (AvgIpc) is 2.32. The first-order valence-corrected chi connectivity index (χ1v) is 5.91. The summed E-state index contributed by atoms with van der Waals surface area (Å²) in [5, 5.41) is 9.56. The molecule has 0 spiro atoms. The van der Waals surface area contributed by atoms with Gasteiger partial charge < -0.3 is 15.7 Å². The van der Waals surface area contributed by atoms with Crippen LogP contribution in [0.4, 0.5) is 5.69 Å². The summed E-state index contributed by atoms with van der Waals surface area (Å²) < 4.78 is 0. The van der Waals surface area contributed by atoms with Crippen LogP contribution in [0.3, 0.4) is 0 Å². The molecule has 1 heterocycles. The molecule has 3 N–H and O–H groups in total. The number of nitrogen functional groups attached to an aromatic ring is 1. The summed E-state index contributed by atoms with van der Waals surface area (Å²) in [4.78, 5) is 13.9. The molecule has 0 bridgehead atoms. The number of carbonyl (C=O) groups excluding carboxylic acids is 1. The molecule has 1 saturated heterocycles. The molecule has 2 rings (SSSR count). The molecule has 1 aromatic carbocycles. The van der Waals surface area contributed by atoms with Crippen molar-refractivity contribution in [3.63, 3.8) is 0 Å². The van der Waals surface area contributed by atoms with Crippen molar-refractivity contribution < 1.29 is 9.90 Å². The van der Waals surface area contributed by atoms with Crippen molar-refractivity contribution in [1.82, 2.24) is 4.90 Å². The minimum atomic E-state index is -0.387. The molecule has 4 nitrogen and oxygen atoms in total. The first kappa shape index (κ1) is 11.9. The molecule has 0 saturated carbocycles. The van der Waals surface area contributed by atoms with Crippen molar-refractivity contribution in [2.75, 3.05) is 18.8 Å². The zero-order valence-electron chi connectivity index (χ0n) is 10.0. The first-order chi connectivity index (χ1) is 8.08. The number of nitrogens with zero attached hydrogens (tertiary/aromatic N) is 1. The van der Waals surface area contributed by atoms with Crippen LogP contribution in [0.5, 0.6) is 0 Å². The van der Waals surface area contributed by atoms with Crippen molar-refractivity contribution in [3.8, 4) is 0 Å². The van der Waals surface area contributed by atoms with Gasteiger partial charge in [0.2, 0.25) is 0 Å². The smallest absolute Gasteiger partial charge is 0.253 e. The Morgan fingerprint density at radius 1 is 1.53 bits per heavy atom. The van der Waals surface area contributed by atoms with Gasteiger partial charge in [-0.2, -0.15) is 0 Å². The van der Waals surface area contributed by atoms with Gasteiger partial charge in [0.25, 0.3) is 5.91 Å². The fraction of sp³-hybridized carbons (Fsp3) is 0.462. The molecule has 92 valence electrons. The van der Waals surface area contributed by atoms with Crippen LogP contribution < -0.4 is 5.73 Å². The molecule has 1 fully saturated rings. The van der Waals surface area contributed by atoms with E-state index in [1.54, 1.807) is 23.1 Å². The van der Waals surface area contributed by atoms with E-state index in [4.69, 9.17) is 5.73 Å². The lowest BCUT2D eigenvalue weighted by molar-refractivity contribution is 0.0473. The van der Waals surface area contributed by atoms with E-state index in [0.717, 1.165) is 24.9 Å². The number of aliphatic hydroxyl groups is 1. The number of likely N-dealkylation sites (tertiary alicyclic amines) is 1. The van der Waals surface area contributed by atoms with Gasteiger partial charge in [-0.05, 0) is 43.5 Å². The Labute approximate surface area is 101 Å². The normalized spacial score (nSPS) is 20.4. The van der Waals surface area contributed by atoms with Crippen molar-refractivity contribution in [2.45, 2.75) is 25.9 Å². The number of anilines is 1. The van der Waals surface area contributed by atoms with Gasteiger partial charge in [0.15, 0.2) is 0 Å². The van der Waals surface area contributed by atoms with E-state index in [9.17, 15) is 9.90 Å². The van der Waals surface area contributed by atoms with Crippen LogP contribution >= 0.6 is 0 Å². The summed E-state index contributed by atoms with van der Waals surface area (Å²) in [6, 6.07) is 5.30. The van der Waals surface area contributed by atoms with E-state index >= 15 is 0 Å². The predicted molar refractivity (Wildman–Crippen MR) is 66.7 cm³/mol. The zero-order valence-corrected chi connectivity index (χ0v) is 10.0. The van der Waals surface area contributed by atoms with Gasteiger partial charge in [0.05, 0.1) is 6.10 Å². The standard InChI is InChI=1S/C13H18N2O2/c1-9-7-10(4-5-12(9)14)13(17)15-6-2-3-11(16)8-15/h4-5,7,11,16H,2-3,6,8,14H2,1H3/t11-/m0/s1. The minimum Gasteiger partial charge on any atom is -0.399 e. The highest BCUT2D eigenvalue weighted by molar-refractivity contribution is 5.95. The first-order valence-electron chi connectivity index (χ1n) is 5.91. The summed E-state index contributed by atoms with van der Waals surface area (Å²) in [7, 11) is 0. The lowest BCUT2D eigenvalue weighted by atomic mass is 10.1. The fourth-order valence-corrected chi connectivity index (χ4v) is 2.13. The van der Waals surface area contributed by atoms with Gasteiger partial charge in [0.1, 0.15) is 0 Å². The van der Waals surface area contributed by atoms with Crippen LogP contribution in [0.2, 0.25) is 0 Å². The Bertz CT molecular complexity index is 431. The predicted octanol–water partition coefficient (Wildman–Crippen LogP) is 1.17. The number of aliphatic hydroxyl groups excluding tert-OH is 1. The molecule has 0 radical (unpaired) electrons. The SMILES string of the molecule is Cc1cc(C(=O)N2CCC[C@H](O)C2)ccc1N. The molecular formula is C13H18N2O2. The second kappa shape index (κ2) is 4.75. The van der Waals surface area contributed by atoms with Crippen LogP contribution in [0.1, 0.15) is 28.8 Å². The van der Waals surface area contributed by atoms with Gasteiger partial charge >= 0.3 is 0 Å². The van der Waals surface area contributed by atoms with E-state index in [-0.39, 0.29) is 12.0 Å². The molecule has 1 aliphatic rings. The third kappa shape index (κ3) is 2.58. The Morgan fingerprint density at radius 3 is 2.94 bits per heavy atom. The minimum absolute atomic E-state index is 0.0214. The summed E-state index contributed by atoms with van der Waals surface area (Å²) in [5.41, 5.74) is 7.97. The van der Waals surface area contributed by atoms with Crippen LogP contribution in [0.15, 0.2) is 18.2 Å². The molecule has 1 aromatic rings. The third-order valence-electron chi connectivity index (χ3n) is 3.20. The van der Waals surface area contributed by atoms with Crippen molar-refractivity contribution in [3.05, 3.63) is 29.3 Å². The molecule has 1 atom stereocenters. The summed E-state index contributed by atoms with van der Waals surface area (Å²) in [6.45, 7) is 3.04. The third-order valence-corrected chi connectivity index (χ3v) is 3.20. The van der Waals surface area contributed by atoms with Crippen LogP contribution in [0, 0.1) is 6.92 Å². The lowest BCUT2D eigenvalue weighted by Gasteiger charge is -2.30. The molecule has 0 unspecified atom stereocenters. The van der Waals surface area contributed by atoms with Crippen molar-refractivity contribution >= 4 is 11.6 Å². The molecule has 1 aliphatic heterocycles. The second-order valence-electron chi connectivity index (χ2n) is 4.62.